The first-order valence-electron chi connectivity index (χ1n) is 6.99. The van der Waals surface area contributed by atoms with Crippen LogP contribution in [0.5, 0.6) is 0 Å². The summed E-state index contributed by atoms with van der Waals surface area (Å²) in [4.78, 5) is 4.36. The first-order valence-corrected chi connectivity index (χ1v) is 8.48. The van der Waals surface area contributed by atoms with Gasteiger partial charge in [-0.05, 0) is 52.0 Å². The van der Waals surface area contributed by atoms with Gasteiger partial charge in [-0.25, -0.2) is 13.4 Å². The molecule has 22 heavy (non-hydrogen) atoms. The van der Waals surface area contributed by atoms with Crippen LogP contribution < -0.4 is 10.0 Å². The molecule has 0 spiro atoms. The summed E-state index contributed by atoms with van der Waals surface area (Å²) in [6.07, 6.45) is 1.61. The van der Waals surface area contributed by atoms with E-state index in [1.807, 2.05) is 27.7 Å². The fourth-order valence-corrected chi connectivity index (χ4v) is 2.88. The fourth-order valence-electron chi connectivity index (χ4n) is 1.88. The second kappa shape index (κ2) is 5.96. The van der Waals surface area contributed by atoms with Gasteiger partial charge in [-0.3, -0.25) is 4.72 Å². The van der Waals surface area contributed by atoms with Crippen molar-refractivity contribution in [2.45, 2.75) is 38.1 Å². The number of hydrogen-bond donors (Lipinski definition) is 2. The third kappa shape index (κ3) is 4.46. The zero-order valence-electron chi connectivity index (χ0n) is 13.2. The van der Waals surface area contributed by atoms with E-state index >= 15 is 0 Å². The van der Waals surface area contributed by atoms with Crippen molar-refractivity contribution in [1.82, 2.24) is 4.98 Å². The maximum Gasteiger partial charge on any atom is 0.263 e. The van der Waals surface area contributed by atoms with Crippen molar-refractivity contribution in [3.8, 4) is 0 Å². The Kier molecular flexibility index (Phi) is 4.42. The van der Waals surface area contributed by atoms with E-state index in [1.165, 1.54) is 0 Å². The molecule has 0 aliphatic rings. The lowest BCUT2D eigenvalue weighted by molar-refractivity contribution is 0.601. The molecule has 0 atom stereocenters. The third-order valence-electron chi connectivity index (χ3n) is 2.85. The predicted molar refractivity (Wildman–Crippen MR) is 89.6 cm³/mol. The van der Waals surface area contributed by atoms with Crippen molar-refractivity contribution in [3.63, 3.8) is 0 Å². The quantitative estimate of drug-likeness (QED) is 0.906. The number of aromatic nitrogens is 1. The lowest BCUT2D eigenvalue weighted by Gasteiger charge is -2.21. The molecule has 0 saturated heterocycles. The van der Waals surface area contributed by atoms with Gasteiger partial charge in [0.2, 0.25) is 0 Å². The lowest BCUT2D eigenvalue weighted by atomic mass is 10.1. The van der Waals surface area contributed by atoms with Crippen molar-refractivity contribution in [3.05, 3.63) is 48.2 Å². The molecule has 0 unspecified atom stereocenters. The van der Waals surface area contributed by atoms with Gasteiger partial charge in [-0.1, -0.05) is 17.7 Å². The molecule has 0 aliphatic carbocycles. The fraction of sp³-hybridized carbons (Fsp3) is 0.312. The predicted octanol–water partition coefficient (Wildman–Crippen LogP) is 3.40. The molecular formula is C16H21N3O2S. The van der Waals surface area contributed by atoms with Crippen molar-refractivity contribution in [2.75, 3.05) is 10.0 Å². The average Bonchev–Trinajstić information content (AvgIpc) is 2.39. The largest absolute Gasteiger partial charge is 0.379 e. The van der Waals surface area contributed by atoms with Crippen LogP contribution in [-0.2, 0) is 10.0 Å². The van der Waals surface area contributed by atoms with Gasteiger partial charge in [0.1, 0.15) is 5.82 Å². The van der Waals surface area contributed by atoms with E-state index in [9.17, 15) is 8.42 Å². The van der Waals surface area contributed by atoms with Crippen LogP contribution in [0.4, 0.5) is 11.5 Å². The Balaban J connectivity index is 2.14. The summed E-state index contributed by atoms with van der Waals surface area (Å²) in [5.74, 6) is 0.292. The highest BCUT2D eigenvalue weighted by molar-refractivity contribution is 7.92. The SMILES string of the molecule is Cc1ccc(S(=O)(=O)Nc2ccc(NC(C)(C)C)cn2)cc1. The van der Waals surface area contributed by atoms with Gasteiger partial charge < -0.3 is 5.32 Å². The Morgan fingerprint density at radius 2 is 1.64 bits per heavy atom. The number of anilines is 2. The molecule has 0 aliphatic heterocycles. The van der Waals surface area contributed by atoms with E-state index in [4.69, 9.17) is 0 Å². The standard InChI is InChI=1S/C16H21N3O2S/c1-12-5-8-14(9-6-12)22(20,21)19-15-10-7-13(11-17-15)18-16(2,3)4/h5-11,18H,1-4H3,(H,17,19). The summed E-state index contributed by atoms with van der Waals surface area (Å²) in [5.41, 5.74) is 1.77. The molecule has 0 amide bonds. The van der Waals surface area contributed by atoms with Gasteiger partial charge in [-0.15, -0.1) is 0 Å². The van der Waals surface area contributed by atoms with E-state index in [0.717, 1.165) is 11.3 Å². The van der Waals surface area contributed by atoms with Crippen LogP contribution in [0, 0.1) is 6.92 Å². The zero-order chi connectivity index (χ0) is 16.4. The molecule has 1 heterocycles. The molecule has 0 radical (unpaired) electrons. The van der Waals surface area contributed by atoms with Gasteiger partial charge in [0, 0.05) is 5.54 Å². The molecule has 0 fully saturated rings. The number of nitrogens with zero attached hydrogens (tertiary/aromatic N) is 1. The summed E-state index contributed by atoms with van der Waals surface area (Å²) in [6, 6.07) is 10.1. The highest BCUT2D eigenvalue weighted by atomic mass is 32.2. The van der Waals surface area contributed by atoms with Gasteiger partial charge in [0.05, 0.1) is 16.8 Å². The number of sulfonamides is 1. The Morgan fingerprint density at radius 3 is 2.14 bits per heavy atom. The Hall–Kier alpha value is -2.08. The Morgan fingerprint density at radius 1 is 1.00 bits per heavy atom. The maximum atomic E-state index is 12.3. The first kappa shape index (κ1) is 16.3. The van der Waals surface area contributed by atoms with Crippen LogP contribution in [0.1, 0.15) is 26.3 Å². The molecule has 0 saturated carbocycles. The van der Waals surface area contributed by atoms with E-state index in [0.29, 0.717) is 5.82 Å². The van der Waals surface area contributed by atoms with Crippen molar-refractivity contribution < 1.29 is 8.42 Å². The van der Waals surface area contributed by atoms with E-state index in [2.05, 4.69) is 15.0 Å². The summed E-state index contributed by atoms with van der Waals surface area (Å²) < 4.78 is 27.0. The highest BCUT2D eigenvalue weighted by Gasteiger charge is 2.15. The minimum Gasteiger partial charge on any atom is -0.379 e. The summed E-state index contributed by atoms with van der Waals surface area (Å²) in [7, 11) is -3.61. The zero-order valence-corrected chi connectivity index (χ0v) is 14.0. The average molecular weight is 319 g/mol. The number of hydrogen-bond acceptors (Lipinski definition) is 4. The van der Waals surface area contributed by atoms with Crippen molar-refractivity contribution in [2.24, 2.45) is 0 Å². The number of rotatable bonds is 4. The lowest BCUT2D eigenvalue weighted by Crippen LogP contribution is -2.26. The molecule has 6 heteroatoms. The molecule has 2 rings (SSSR count). The van der Waals surface area contributed by atoms with E-state index in [1.54, 1.807) is 42.6 Å². The molecular weight excluding hydrogens is 298 g/mol. The van der Waals surface area contributed by atoms with Gasteiger partial charge in [0.15, 0.2) is 0 Å². The summed E-state index contributed by atoms with van der Waals surface area (Å²) in [6.45, 7) is 8.04. The topological polar surface area (TPSA) is 71.1 Å². The van der Waals surface area contributed by atoms with Gasteiger partial charge >= 0.3 is 0 Å². The van der Waals surface area contributed by atoms with Crippen LogP contribution in [0.25, 0.3) is 0 Å². The summed E-state index contributed by atoms with van der Waals surface area (Å²) in [5, 5.41) is 3.27. The van der Waals surface area contributed by atoms with Crippen LogP contribution in [0.15, 0.2) is 47.5 Å². The maximum absolute atomic E-state index is 12.3. The minimum absolute atomic E-state index is 0.0788. The normalized spacial score (nSPS) is 12.0. The Bertz CT molecular complexity index is 730. The third-order valence-corrected chi connectivity index (χ3v) is 4.22. The van der Waals surface area contributed by atoms with Crippen molar-refractivity contribution in [1.29, 1.82) is 0 Å². The van der Waals surface area contributed by atoms with Crippen LogP contribution in [0.2, 0.25) is 0 Å². The van der Waals surface area contributed by atoms with E-state index < -0.39 is 10.0 Å². The number of benzene rings is 1. The first-order chi connectivity index (χ1) is 10.2. The number of aryl methyl sites for hydroxylation is 1. The molecule has 5 nitrogen and oxygen atoms in total. The number of pyridine rings is 1. The van der Waals surface area contributed by atoms with E-state index in [-0.39, 0.29) is 10.4 Å². The van der Waals surface area contributed by atoms with Crippen LogP contribution in [-0.4, -0.2) is 18.9 Å². The molecule has 1 aromatic carbocycles. The molecule has 0 bridgehead atoms. The van der Waals surface area contributed by atoms with Crippen LogP contribution >= 0.6 is 0 Å². The molecule has 2 aromatic rings. The monoisotopic (exact) mass is 319 g/mol. The number of nitrogens with one attached hydrogen (secondary N) is 2. The summed E-state index contributed by atoms with van der Waals surface area (Å²) >= 11 is 0. The molecule has 2 N–H and O–H groups in total. The van der Waals surface area contributed by atoms with Gasteiger partial charge in [0.25, 0.3) is 10.0 Å². The smallest absolute Gasteiger partial charge is 0.263 e. The minimum atomic E-state index is -3.61. The molecule has 1 aromatic heterocycles. The highest BCUT2D eigenvalue weighted by Crippen LogP contribution is 2.18. The van der Waals surface area contributed by atoms with Crippen LogP contribution in [0.3, 0.4) is 0 Å². The Labute approximate surface area is 131 Å². The van der Waals surface area contributed by atoms with Crippen molar-refractivity contribution >= 4 is 21.5 Å². The van der Waals surface area contributed by atoms with Gasteiger partial charge in [-0.2, -0.15) is 0 Å². The second-order valence-electron chi connectivity index (χ2n) is 6.23. The molecule has 118 valence electrons. The second-order valence-corrected chi connectivity index (χ2v) is 7.91.